The number of ether oxygens (including phenoxy) is 2. The highest BCUT2D eigenvalue weighted by molar-refractivity contribution is 8.18. The predicted octanol–water partition coefficient (Wildman–Crippen LogP) is 3.92. The lowest BCUT2D eigenvalue weighted by atomic mass is 10.2. The number of carboxylic acid groups (broad SMARTS) is 1. The number of halogens is 1. The van der Waals surface area contributed by atoms with Gasteiger partial charge in [-0.2, -0.15) is 0 Å². The number of hydrogen-bond donors (Lipinski definition) is 1. The molecule has 9 heteroatoms. The quantitative estimate of drug-likeness (QED) is 0.699. The van der Waals surface area contributed by atoms with Crippen molar-refractivity contribution in [2.45, 2.75) is 13.0 Å². The first kappa shape index (κ1) is 21.4. The van der Waals surface area contributed by atoms with E-state index in [4.69, 9.17) is 14.6 Å². The van der Waals surface area contributed by atoms with Crippen molar-refractivity contribution in [2.75, 3.05) is 14.2 Å². The highest BCUT2D eigenvalue weighted by Crippen LogP contribution is 2.35. The fraction of sp³-hybridized carbons (Fsp3) is 0.190. The number of rotatable bonds is 6. The van der Waals surface area contributed by atoms with Crippen molar-refractivity contribution in [3.8, 4) is 11.5 Å². The third-order valence-electron chi connectivity index (χ3n) is 4.19. The van der Waals surface area contributed by atoms with E-state index in [0.29, 0.717) is 27.1 Å². The van der Waals surface area contributed by atoms with Gasteiger partial charge in [-0.25, -0.2) is 14.2 Å². The Bertz CT molecular complexity index is 1040. The molecule has 1 amide bonds. The van der Waals surface area contributed by atoms with Crippen LogP contribution < -0.4 is 9.47 Å². The zero-order chi connectivity index (χ0) is 21.8. The van der Waals surface area contributed by atoms with Crippen LogP contribution in [0.5, 0.6) is 11.5 Å². The molecule has 1 aliphatic rings. The van der Waals surface area contributed by atoms with Crippen molar-refractivity contribution in [1.82, 2.24) is 4.90 Å². The van der Waals surface area contributed by atoms with Crippen LogP contribution in [0.4, 0.5) is 10.1 Å². The summed E-state index contributed by atoms with van der Waals surface area (Å²) in [5, 5.41) is 9.47. The van der Waals surface area contributed by atoms with E-state index in [1.54, 1.807) is 31.3 Å². The molecule has 0 bridgehead atoms. The summed E-state index contributed by atoms with van der Waals surface area (Å²) in [6, 6.07) is 10.6. The van der Waals surface area contributed by atoms with Crippen molar-refractivity contribution in [3.05, 3.63) is 58.8 Å². The lowest BCUT2D eigenvalue weighted by Gasteiger charge is -2.14. The average molecular weight is 430 g/mol. The van der Waals surface area contributed by atoms with Gasteiger partial charge in [0.15, 0.2) is 22.8 Å². The van der Waals surface area contributed by atoms with E-state index in [9.17, 15) is 14.0 Å². The van der Waals surface area contributed by atoms with Crippen LogP contribution in [0.25, 0.3) is 6.08 Å². The number of aliphatic imine (C=N–C) groups is 1. The molecule has 0 radical (unpaired) electrons. The maximum atomic E-state index is 13.1. The molecule has 1 atom stereocenters. The smallest absolute Gasteiger partial charge is 0.344 e. The Morgan fingerprint density at radius 1 is 1.23 bits per heavy atom. The van der Waals surface area contributed by atoms with Crippen LogP contribution in [0.2, 0.25) is 0 Å². The molecular weight excluding hydrogens is 411 g/mol. The number of likely N-dealkylation sites (N-methyl/N-ethyl adjacent to an activating group) is 1. The molecule has 1 aliphatic heterocycles. The van der Waals surface area contributed by atoms with Gasteiger partial charge in [0.05, 0.1) is 17.7 Å². The summed E-state index contributed by atoms with van der Waals surface area (Å²) in [6.07, 6.45) is 0.651. The second-order valence-electron chi connectivity index (χ2n) is 6.35. The second kappa shape index (κ2) is 9.00. The van der Waals surface area contributed by atoms with Gasteiger partial charge in [0, 0.05) is 7.05 Å². The van der Waals surface area contributed by atoms with Crippen LogP contribution in [-0.4, -0.2) is 47.3 Å². The minimum absolute atomic E-state index is 0.223. The Labute approximate surface area is 176 Å². The molecule has 156 valence electrons. The molecule has 0 spiro atoms. The van der Waals surface area contributed by atoms with Gasteiger partial charge in [-0.1, -0.05) is 6.07 Å². The maximum absolute atomic E-state index is 13.1. The number of carbonyl (C=O) groups is 2. The van der Waals surface area contributed by atoms with Gasteiger partial charge in [-0.15, -0.1) is 0 Å². The number of amidine groups is 1. The molecule has 30 heavy (non-hydrogen) atoms. The monoisotopic (exact) mass is 430 g/mol. The van der Waals surface area contributed by atoms with Crippen LogP contribution in [0.15, 0.2) is 52.4 Å². The Morgan fingerprint density at radius 2 is 1.93 bits per heavy atom. The summed E-state index contributed by atoms with van der Waals surface area (Å²) in [5.41, 5.74) is 1.21. The number of methoxy groups -OCH3 is 1. The standard InChI is InChI=1S/C21H19FN2O5S/c1-12(20(26)27)29-16-9-4-13(10-17(16)28-3)11-18-19(25)24(2)21(30-18)23-15-7-5-14(22)6-8-15/h4-12H,1-3H3,(H,26,27). The fourth-order valence-electron chi connectivity index (χ4n) is 2.54. The lowest BCUT2D eigenvalue weighted by molar-refractivity contribution is -0.144. The zero-order valence-corrected chi connectivity index (χ0v) is 17.3. The topological polar surface area (TPSA) is 88.4 Å². The number of amides is 1. The number of benzene rings is 2. The number of nitrogens with zero attached hydrogens (tertiary/aromatic N) is 2. The summed E-state index contributed by atoms with van der Waals surface area (Å²) < 4.78 is 23.7. The molecule has 0 saturated carbocycles. The molecule has 1 unspecified atom stereocenters. The lowest BCUT2D eigenvalue weighted by Crippen LogP contribution is -2.23. The first-order valence-corrected chi connectivity index (χ1v) is 9.69. The van der Waals surface area contributed by atoms with E-state index in [1.165, 1.54) is 55.0 Å². The van der Waals surface area contributed by atoms with Crippen LogP contribution in [-0.2, 0) is 9.59 Å². The summed E-state index contributed by atoms with van der Waals surface area (Å²) in [4.78, 5) is 29.8. The zero-order valence-electron chi connectivity index (χ0n) is 16.5. The van der Waals surface area contributed by atoms with Crippen LogP contribution >= 0.6 is 11.8 Å². The summed E-state index contributed by atoms with van der Waals surface area (Å²) in [5.74, 6) is -1.04. The van der Waals surface area contributed by atoms with Gasteiger partial charge in [0.2, 0.25) is 0 Å². The van der Waals surface area contributed by atoms with Crippen molar-refractivity contribution in [1.29, 1.82) is 0 Å². The van der Waals surface area contributed by atoms with E-state index in [0.717, 1.165) is 0 Å². The van der Waals surface area contributed by atoms with E-state index in [-0.39, 0.29) is 17.5 Å². The highest BCUT2D eigenvalue weighted by Gasteiger charge is 2.30. The van der Waals surface area contributed by atoms with Crippen molar-refractivity contribution in [3.63, 3.8) is 0 Å². The van der Waals surface area contributed by atoms with Crippen LogP contribution in [0.1, 0.15) is 12.5 Å². The SMILES string of the molecule is COc1cc(C=C2SC(=Nc3ccc(F)cc3)N(C)C2=O)ccc1OC(C)C(=O)O. The molecule has 1 heterocycles. The minimum Gasteiger partial charge on any atom is -0.493 e. The molecule has 1 N–H and O–H groups in total. The third kappa shape index (κ3) is 4.80. The molecule has 0 aliphatic carbocycles. The van der Waals surface area contributed by atoms with E-state index in [2.05, 4.69) is 4.99 Å². The predicted molar refractivity (Wildman–Crippen MR) is 113 cm³/mol. The Hall–Kier alpha value is -3.33. The average Bonchev–Trinajstić information content (AvgIpc) is 2.98. The van der Waals surface area contributed by atoms with Gasteiger partial charge in [0.1, 0.15) is 5.82 Å². The van der Waals surface area contributed by atoms with Gasteiger partial charge >= 0.3 is 5.97 Å². The highest BCUT2D eigenvalue weighted by atomic mass is 32.2. The molecule has 0 aromatic heterocycles. The summed E-state index contributed by atoms with van der Waals surface area (Å²) >= 11 is 1.20. The van der Waals surface area contributed by atoms with Crippen molar-refractivity contribution >= 4 is 40.6 Å². The van der Waals surface area contributed by atoms with Crippen molar-refractivity contribution < 1.29 is 28.6 Å². The van der Waals surface area contributed by atoms with Gasteiger partial charge in [-0.3, -0.25) is 9.69 Å². The first-order chi connectivity index (χ1) is 14.3. The normalized spacial score (nSPS) is 17.5. The maximum Gasteiger partial charge on any atom is 0.344 e. The third-order valence-corrected chi connectivity index (χ3v) is 5.25. The van der Waals surface area contributed by atoms with E-state index < -0.39 is 12.1 Å². The minimum atomic E-state index is -1.09. The van der Waals surface area contributed by atoms with Crippen molar-refractivity contribution in [2.24, 2.45) is 4.99 Å². The molecule has 1 saturated heterocycles. The Kier molecular flexibility index (Phi) is 6.41. The molecule has 3 rings (SSSR count). The number of thioether (sulfide) groups is 1. The van der Waals surface area contributed by atoms with Crippen LogP contribution in [0.3, 0.4) is 0 Å². The number of aliphatic carboxylic acids is 1. The van der Waals surface area contributed by atoms with E-state index in [1.807, 2.05) is 0 Å². The second-order valence-corrected chi connectivity index (χ2v) is 7.36. The number of carboxylic acids is 1. The van der Waals surface area contributed by atoms with Gasteiger partial charge in [0.25, 0.3) is 5.91 Å². The Balaban J connectivity index is 1.84. The summed E-state index contributed by atoms with van der Waals surface area (Å²) in [7, 11) is 3.06. The fourth-order valence-corrected chi connectivity index (χ4v) is 3.53. The molecule has 1 fully saturated rings. The van der Waals surface area contributed by atoms with Crippen LogP contribution in [0, 0.1) is 5.82 Å². The van der Waals surface area contributed by atoms with E-state index >= 15 is 0 Å². The molecule has 2 aromatic carbocycles. The number of hydrogen-bond acceptors (Lipinski definition) is 6. The largest absolute Gasteiger partial charge is 0.493 e. The summed E-state index contributed by atoms with van der Waals surface area (Å²) in [6.45, 7) is 1.42. The molecule has 2 aromatic rings. The van der Waals surface area contributed by atoms with Gasteiger partial charge < -0.3 is 14.6 Å². The number of carbonyl (C=O) groups excluding carboxylic acids is 1. The first-order valence-electron chi connectivity index (χ1n) is 8.88. The molecular formula is C21H19FN2O5S. The Morgan fingerprint density at radius 3 is 2.57 bits per heavy atom. The molecule has 7 nitrogen and oxygen atoms in total. The van der Waals surface area contributed by atoms with Gasteiger partial charge in [-0.05, 0) is 66.7 Å².